The SMILES string of the molecule is CC[C@H](C)[C@H](NC(=O)[C@H](CCCCN)NC(=O)[C@@H](NC(=O)[C@H](CCC(N)=O)NC(=O)[C@@H](N)CCCNC(=N)N)[C@@H](C)CC)C(=O)N[C@@H](Cc1c[nH]c2ccccc12)C(=O)N[C@@H](Cc1ccccc1)C(=O)N[C@@H](CCC(N)=O)C(=O)N[C@@H](CC(N)=O)C(=O)N[C@@H](CCCNC(=N)N)C(=O)N[C@@H](CCCNC(=N)N)C(=O)N[C@@H](Cc1c[nH]c2ccccc12)C(=O)O. The Morgan fingerprint density at radius 3 is 1.11 bits per heavy atom. The Kier molecular flexibility index (Phi) is 42.4. The first-order valence-electron chi connectivity index (χ1n) is 41.2. The molecule has 678 valence electrons. The number of nitrogens with two attached hydrogens (primary N) is 8. The minimum absolute atomic E-state index is 0.0135. The van der Waals surface area contributed by atoms with E-state index < -0.39 is 204 Å². The van der Waals surface area contributed by atoms with E-state index in [4.69, 9.17) is 62.1 Å². The minimum atomic E-state index is -1.98. The van der Waals surface area contributed by atoms with Crippen molar-refractivity contribution >= 4 is 128 Å². The largest absolute Gasteiger partial charge is 0.480 e. The first-order chi connectivity index (χ1) is 58.9. The third kappa shape index (κ3) is 34.6. The number of carbonyl (C=O) groups excluding carboxylic acids is 14. The van der Waals surface area contributed by atoms with Gasteiger partial charge in [-0.2, -0.15) is 0 Å². The van der Waals surface area contributed by atoms with E-state index in [-0.39, 0.29) is 116 Å². The Bertz CT molecular complexity index is 4500. The van der Waals surface area contributed by atoms with Crippen LogP contribution in [-0.4, -0.2) is 220 Å². The van der Waals surface area contributed by atoms with E-state index in [1.807, 2.05) is 0 Å². The van der Waals surface area contributed by atoms with Gasteiger partial charge in [0.15, 0.2) is 17.9 Å². The van der Waals surface area contributed by atoms with Crippen molar-refractivity contribution in [2.75, 3.05) is 26.2 Å². The average molecular weight is 1730 g/mol. The lowest BCUT2D eigenvalue weighted by atomic mass is 9.95. The van der Waals surface area contributed by atoms with Crippen LogP contribution in [0.1, 0.15) is 147 Å². The number of carbonyl (C=O) groups is 15. The van der Waals surface area contributed by atoms with Crippen molar-refractivity contribution in [2.45, 2.75) is 222 Å². The molecule has 43 nitrogen and oxygen atoms in total. The molecule has 0 aliphatic heterocycles. The van der Waals surface area contributed by atoms with Crippen LogP contribution in [0, 0.1) is 28.1 Å². The van der Waals surface area contributed by atoms with E-state index in [2.05, 4.69) is 84.4 Å². The highest BCUT2D eigenvalue weighted by Gasteiger charge is 2.40. The summed E-state index contributed by atoms with van der Waals surface area (Å²) >= 11 is 0. The number of amides is 14. The van der Waals surface area contributed by atoms with Crippen LogP contribution < -0.4 is 120 Å². The molecule has 124 heavy (non-hydrogen) atoms. The molecule has 0 aliphatic rings. The van der Waals surface area contributed by atoms with E-state index in [1.165, 1.54) is 0 Å². The fourth-order valence-corrected chi connectivity index (χ4v) is 13.4. The number of rotatable bonds is 57. The number of fused-ring (bicyclic) bond motifs is 2. The second-order valence-corrected chi connectivity index (χ2v) is 30.5. The van der Waals surface area contributed by atoms with Crippen molar-refractivity contribution in [1.82, 2.24) is 84.4 Å². The Balaban J connectivity index is 1.47. The first kappa shape index (κ1) is 101. The van der Waals surface area contributed by atoms with E-state index in [1.54, 1.807) is 119 Å². The molecule has 0 aliphatic carbocycles. The van der Waals surface area contributed by atoms with Crippen LogP contribution in [0.5, 0.6) is 0 Å². The molecule has 0 fully saturated rings. The monoisotopic (exact) mass is 1730 g/mol. The summed E-state index contributed by atoms with van der Waals surface area (Å²) in [4.78, 5) is 218. The minimum Gasteiger partial charge on any atom is -0.480 e. The van der Waals surface area contributed by atoms with E-state index in [0.29, 0.717) is 57.8 Å². The summed E-state index contributed by atoms with van der Waals surface area (Å²) in [6, 6.07) is 3.69. The molecule has 3 aromatic carbocycles. The number of hydrogen-bond donors (Lipinski definition) is 28. The molecule has 0 radical (unpaired) electrons. The van der Waals surface area contributed by atoms with Crippen LogP contribution in [0.3, 0.4) is 0 Å². The van der Waals surface area contributed by atoms with Gasteiger partial charge in [0.25, 0.3) is 0 Å². The molecule has 2 heterocycles. The number of benzene rings is 3. The molecule has 5 rings (SSSR count). The zero-order chi connectivity index (χ0) is 91.7. The smallest absolute Gasteiger partial charge is 0.326 e. The van der Waals surface area contributed by atoms with Gasteiger partial charge in [0, 0.05) is 85.9 Å². The van der Waals surface area contributed by atoms with Gasteiger partial charge in [-0.05, 0) is 118 Å². The number of H-pyrrole nitrogens is 2. The number of para-hydroxylation sites is 2. The van der Waals surface area contributed by atoms with Gasteiger partial charge < -0.3 is 135 Å². The van der Waals surface area contributed by atoms with Gasteiger partial charge in [0.1, 0.15) is 66.5 Å². The predicted octanol–water partition coefficient (Wildman–Crippen LogP) is -4.16. The second kappa shape index (κ2) is 52.0. The van der Waals surface area contributed by atoms with E-state index in [0.717, 1.165) is 0 Å². The second-order valence-electron chi connectivity index (χ2n) is 30.5. The highest BCUT2D eigenvalue weighted by Crippen LogP contribution is 2.23. The summed E-state index contributed by atoms with van der Waals surface area (Å²) in [5, 5.41) is 70.9. The highest BCUT2D eigenvalue weighted by molar-refractivity contribution is 6.01. The van der Waals surface area contributed by atoms with E-state index >= 15 is 14.4 Å². The van der Waals surface area contributed by atoms with Gasteiger partial charge >= 0.3 is 5.97 Å². The Labute approximate surface area is 717 Å². The molecule has 0 spiro atoms. The molecule has 36 N–H and O–H groups in total. The van der Waals surface area contributed by atoms with Crippen LogP contribution in [0.25, 0.3) is 21.8 Å². The molecule has 43 heteroatoms. The van der Waals surface area contributed by atoms with Crippen molar-refractivity contribution < 1.29 is 77.0 Å². The number of primary amides is 3. The molecule has 14 amide bonds. The zero-order valence-corrected chi connectivity index (χ0v) is 70.2. The summed E-state index contributed by atoms with van der Waals surface area (Å²) in [5.41, 5.74) is 48.0. The lowest BCUT2D eigenvalue weighted by Gasteiger charge is -2.31. The van der Waals surface area contributed by atoms with Crippen molar-refractivity contribution in [1.29, 1.82) is 16.2 Å². The third-order valence-corrected chi connectivity index (χ3v) is 20.8. The first-order valence-corrected chi connectivity index (χ1v) is 41.2. The number of carboxylic acids is 1. The summed E-state index contributed by atoms with van der Waals surface area (Å²) < 4.78 is 0. The maximum absolute atomic E-state index is 15.4. The molecular weight excluding hydrogens is 1610 g/mol. The van der Waals surface area contributed by atoms with Crippen molar-refractivity contribution in [3.63, 3.8) is 0 Å². The molecular formula is C81H123N27O16. The Hall–Kier alpha value is -13.5. The highest BCUT2D eigenvalue weighted by atomic mass is 16.4. The van der Waals surface area contributed by atoms with Crippen LogP contribution >= 0.6 is 0 Å². The van der Waals surface area contributed by atoms with Gasteiger partial charge in [-0.1, -0.05) is 107 Å². The number of guanidine groups is 3. The summed E-state index contributed by atoms with van der Waals surface area (Å²) in [6.45, 7) is 7.17. The number of aromatic amines is 2. The molecule has 5 aromatic rings. The van der Waals surface area contributed by atoms with Crippen LogP contribution in [-0.2, 0) is 91.2 Å². The van der Waals surface area contributed by atoms with Crippen LogP contribution in [0.15, 0.2) is 91.3 Å². The number of unbranched alkanes of at least 4 members (excludes halogenated alkanes) is 1. The fourth-order valence-electron chi connectivity index (χ4n) is 13.4. The van der Waals surface area contributed by atoms with Crippen molar-refractivity contribution in [3.05, 3.63) is 108 Å². The third-order valence-electron chi connectivity index (χ3n) is 20.8. The average Bonchev–Trinajstić information content (AvgIpc) is 1.64. The number of hydrogen-bond acceptors (Lipinski definition) is 20. The lowest BCUT2D eigenvalue weighted by Crippen LogP contribution is -2.62. The number of nitrogens with one attached hydrogen (secondary N) is 19. The predicted molar refractivity (Wildman–Crippen MR) is 461 cm³/mol. The normalized spacial score (nSPS) is 14.5. The lowest BCUT2D eigenvalue weighted by molar-refractivity contribution is -0.142. The Morgan fingerprint density at radius 1 is 0.371 bits per heavy atom. The summed E-state index contributed by atoms with van der Waals surface area (Å²) in [6.07, 6.45) is 0.771. The van der Waals surface area contributed by atoms with Crippen molar-refractivity contribution in [2.24, 2.45) is 57.7 Å². The van der Waals surface area contributed by atoms with Gasteiger partial charge in [-0.25, -0.2) is 4.79 Å². The van der Waals surface area contributed by atoms with Gasteiger partial charge in [-0.3, -0.25) is 83.4 Å². The molecule has 0 saturated carbocycles. The van der Waals surface area contributed by atoms with Crippen LogP contribution in [0.2, 0.25) is 0 Å². The summed E-state index contributed by atoms with van der Waals surface area (Å²) in [7, 11) is 0. The fraction of sp³-hybridized carbons (Fsp3) is 0.506. The van der Waals surface area contributed by atoms with Crippen molar-refractivity contribution in [3.8, 4) is 0 Å². The Morgan fingerprint density at radius 2 is 0.702 bits per heavy atom. The molecule has 0 bridgehead atoms. The molecule has 2 aromatic heterocycles. The topological polar surface area (TPSA) is 756 Å². The zero-order valence-electron chi connectivity index (χ0n) is 70.2. The number of aromatic nitrogens is 2. The quantitative estimate of drug-likeness (QED) is 0.00998. The molecule has 14 atom stereocenters. The standard InChI is InChI=1S/C81H123N27O16/c1-5-43(3)65(108-72(117)57(30-32-63(85)110)98-67(112)50(83)23-16-34-93-79(87)88)76(121)102-53(26-14-15-33-82)71(116)107-66(44(4)6-2)77(122)105-59(38-46-41-96-51-24-12-10-21-48(46)51)74(119)103-58(37-45-19-8-7-9-20-45)73(118)101-56(29-31-62(84)109)70(115)104-60(40-64(86)111)75(120)100-54(27-17-35-94-80(89)90)68(113)99-55(28-18-36-95-81(91)92)69(114)106-61(78(123)124)39-47-42-97-52-25-13-11-22-49(47)52/h7-13,19-22,24-25,41-44,50,53-61,65-66,96-97H,5-6,14-18,23,26-40,82-83H2,1-4H3,(H2,84,109)(H2,85,110)(H2,86,111)(H,98,112)(H,99,113)(H,100,120)(H,101,118)(H,102,121)(H,103,119)(H,104,115)(H,105,122)(H,106,114)(H,107,116)(H,108,117)(H,123,124)(H4,87,88,93)(H4,89,90,94)(H4,91,92,95)/t43-,44-,50-,53-,54-,55-,56-,57-,58-,59-,60-,61-,65-,66-/m0/s1. The van der Waals surface area contributed by atoms with Gasteiger partial charge in [0.05, 0.1) is 12.5 Å². The van der Waals surface area contributed by atoms with E-state index in [9.17, 15) is 62.6 Å². The van der Waals surface area contributed by atoms with Crippen LogP contribution in [0.4, 0.5) is 0 Å². The maximum Gasteiger partial charge on any atom is 0.326 e. The summed E-state index contributed by atoms with van der Waals surface area (Å²) in [5.74, 6) is -17.6. The van der Waals surface area contributed by atoms with Gasteiger partial charge in [-0.15, -0.1) is 0 Å². The number of aliphatic carboxylic acids is 1. The number of carboxylic acid groups (broad SMARTS) is 1. The maximum atomic E-state index is 15.4. The molecule has 0 saturated heterocycles. The van der Waals surface area contributed by atoms with Gasteiger partial charge in [0.2, 0.25) is 82.7 Å². The molecule has 0 unspecified atom stereocenters.